The molecule has 0 saturated carbocycles. The molecule has 4 atom stereocenters. The Labute approximate surface area is 262 Å². The molecule has 0 aliphatic carbocycles. The number of aliphatic hydroxyl groups excluding tert-OH is 1. The Morgan fingerprint density at radius 1 is 1.13 bits per heavy atom. The van der Waals surface area contributed by atoms with Crippen LogP contribution in [-0.4, -0.2) is 90.4 Å². The Morgan fingerprint density at radius 3 is 2.51 bits per heavy atom. The highest BCUT2D eigenvalue weighted by Gasteiger charge is 2.32. The molecule has 0 fully saturated rings. The average Bonchev–Trinajstić information content (AvgIpc) is 3.01. The molecule has 3 rings (SSSR count). The van der Waals surface area contributed by atoms with Gasteiger partial charge in [-0.1, -0.05) is 25.1 Å². The molecule has 2 aromatic carbocycles. The SMILES string of the molecule is C[C@@H]1CCCCO[C@H](CN(C)C(=O)CCC(F)(F)F)[C@@H](C)CN([C@H](C)CO)C(=O)c2cc(NC(=O)c3ccccc3)ccc2O1. The number of carbonyl (C=O) groups excluding carboxylic acids is 3. The van der Waals surface area contributed by atoms with Gasteiger partial charge in [-0.2, -0.15) is 13.2 Å². The lowest BCUT2D eigenvalue weighted by Crippen LogP contribution is -2.48. The van der Waals surface area contributed by atoms with Crippen molar-refractivity contribution in [2.75, 3.05) is 38.7 Å². The standard InChI is InChI=1S/C33H44F3N3O6/c1-22-19-39(23(2)21-40)32(43)27-18-26(37-31(42)25-11-6-5-7-12-25)13-14-28(27)45-24(3)10-8-9-17-44-29(22)20-38(4)30(41)15-16-33(34,35)36/h5-7,11-14,18,22-24,29,40H,8-10,15-17,19-21H2,1-4H3,(H,37,42)/t22-,23+,24+,29+/m0/s1. The van der Waals surface area contributed by atoms with Crippen LogP contribution in [0.1, 0.15) is 73.6 Å². The van der Waals surface area contributed by atoms with Crippen LogP contribution in [0, 0.1) is 5.92 Å². The molecule has 2 aromatic rings. The van der Waals surface area contributed by atoms with E-state index in [-0.39, 0.29) is 43.2 Å². The number of nitrogens with one attached hydrogen (secondary N) is 1. The highest BCUT2D eigenvalue weighted by molar-refractivity contribution is 6.05. The van der Waals surface area contributed by atoms with Gasteiger partial charge in [0.25, 0.3) is 11.8 Å². The second-order valence-corrected chi connectivity index (χ2v) is 11.7. The first-order valence-corrected chi connectivity index (χ1v) is 15.3. The van der Waals surface area contributed by atoms with Crippen LogP contribution < -0.4 is 10.1 Å². The molecule has 1 heterocycles. The van der Waals surface area contributed by atoms with Gasteiger partial charge in [-0.15, -0.1) is 0 Å². The summed E-state index contributed by atoms with van der Waals surface area (Å²) in [5.41, 5.74) is 1.04. The van der Waals surface area contributed by atoms with Crippen molar-refractivity contribution in [2.45, 2.75) is 77.3 Å². The largest absolute Gasteiger partial charge is 0.490 e. The Kier molecular flexibility index (Phi) is 13.2. The number of hydrogen-bond acceptors (Lipinski definition) is 6. The Balaban J connectivity index is 1.91. The monoisotopic (exact) mass is 635 g/mol. The number of rotatable bonds is 8. The zero-order valence-corrected chi connectivity index (χ0v) is 26.3. The molecule has 3 amide bonds. The van der Waals surface area contributed by atoms with Crippen molar-refractivity contribution in [3.8, 4) is 5.75 Å². The molecule has 248 valence electrons. The number of fused-ring (bicyclic) bond motifs is 1. The van der Waals surface area contributed by atoms with Crippen molar-refractivity contribution >= 4 is 23.4 Å². The van der Waals surface area contributed by atoms with Gasteiger partial charge in [-0.05, 0) is 63.4 Å². The van der Waals surface area contributed by atoms with E-state index in [1.165, 1.54) is 16.8 Å². The van der Waals surface area contributed by atoms with Crippen molar-refractivity contribution in [3.63, 3.8) is 0 Å². The topological polar surface area (TPSA) is 108 Å². The molecule has 0 bridgehead atoms. The van der Waals surface area contributed by atoms with E-state index in [0.29, 0.717) is 36.4 Å². The van der Waals surface area contributed by atoms with Gasteiger partial charge in [0, 0.05) is 50.3 Å². The predicted molar refractivity (Wildman–Crippen MR) is 164 cm³/mol. The molecular weight excluding hydrogens is 591 g/mol. The van der Waals surface area contributed by atoms with Gasteiger partial charge in [0.2, 0.25) is 5.91 Å². The van der Waals surface area contributed by atoms with Gasteiger partial charge in [0.05, 0.1) is 36.8 Å². The first kappa shape index (κ1) is 35.8. The number of aliphatic hydroxyl groups is 1. The lowest BCUT2D eigenvalue weighted by atomic mass is 10.0. The number of ether oxygens (including phenoxy) is 2. The van der Waals surface area contributed by atoms with Crippen LogP contribution in [0.4, 0.5) is 18.9 Å². The number of benzene rings is 2. The van der Waals surface area contributed by atoms with Gasteiger partial charge in [0.1, 0.15) is 5.75 Å². The maximum absolute atomic E-state index is 14.2. The summed E-state index contributed by atoms with van der Waals surface area (Å²) in [6, 6.07) is 12.9. The third-order valence-corrected chi connectivity index (χ3v) is 7.85. The fourth-order valence-corrected chi connectivity index (χ4v) is 5.07. The van der Waals surface area contributed by atoms with Gasteiger partial charge >= 0.3 is 6.18 Å². The molecule has 0 saturated heterocycles. The summed E-state index contributed by atoms with van der Waals surface area (Å²) in [4.78, 5) is 42.3. The third kappa shape index (κ3) is 11.0. The minimum atomic E-state index is -4.44. The highest BCUT2D eigenvalue weighted by Crippen LogP contribution is 2.29. The molecule has 0 aromatic heterocycles. The van der Waals surface area contributed by atoms with E-state index in [0.717, 1.165) is 6.42 Å². The van der Waals surface area contributed by atoms with Crippen LogP contribution in [0.25, 0.3) is 0 Å². The van der Waals surface area contributed by atoms with E-state index in [9.17, 15) is 32.7 Å². The molecule has 1 aliphatic rings. The van der Waals surface area contributed by atoms with E-state index >= 15 is 0 Å². The van der Waals surface area contributed by atoms with E-state index in [2.05, 4.69) is 5.32 Å². The van der Waals surface area contributed by atoms with Gasteiger partial charge in [-0.3, -0.25) is 14.4 Å². The summed E-state index contributed by atoms with van der Waals surface area (Å²) in [5.74, 6) is -1.46. The summed E-state index contributed by atoms with van der Waals surface area (Å²) in [6.45, 7) is 5.61. The maximum atomic E-state index is 14.2. The van der Waals surface area contributed by atoms with Crippen LogP contribution >= 0.6 is 0 Å². The predicted octanol–water partition coefficient (Wildman–Crippen LogP) is 5.54. The number of likely N-dealkylation sites (N-methyl/N-ethyl adjacent to an activating group) is 1. The van der Waals surface area contributed by atoms with Crippen molar-refractivity contribution < 1.29 is 42.1 Å². The fraction of sp³-hybridized carbons (Fsp3) is 0.545. The van der Waals surface area contributed by atoms with Crippen molar-refractivity contribution in [1.29, 1.82) is 0 Å². The fourth-order valence-electron chi connectivity index (χ4n) is 5.07. The Morgan fingerprint density at radius 2 is 1.84 bits per heavy atom. The average molecular weight is 636 g/mol. The van der Waals surface area contributed by atoms with Gasteiger partial charge in [0.15, 0.2) is 0 Å². The first-order chi connectivity index (χ1) is 21.3. The number of amides is 3. The maximum Gasteiger partial charge on any atom is 0.389 e. The number of carbonyl (C=O) groups is 3. The van der Waals surface area contributed by atoms with E-state index in [1.807, 2.05) is 13.8 Å². The summed E-state index contributed by atoms with van der Waals surface area (Å²) < 4.78 is 50.5. The second kappa shape index (κ2) is 16.6. The van der Waals surface area contributed by atoms with E-state index in [4.69, 9.17) is 9.47 Å². The lowest BCUT2D eigenvalue weighted by molar-refractivity contribution is -0.149. The van der Waals surface area contributed by atoms with Crippen LogP contribution in [0.15, 0.2) is 48.5 Å². The quantitative estimate of drug-likeness (QED) is 0.395. The zero-order chi connectivity index (χ0) is 33.1. The number of alkyl halides is 3. The van der Waals surface area contributed by atoms with E-state index < -0.39 is 43.0 Å². The molecule has 45 heavy (non-hydrogen) atoms. The number of hydrogen-bond donors (Lipinski definition) is 2. The Bertz CT molecular complexity index is 1280. The smallest absolute Gasteiger partial charge is 0.389 e. The number of anilines is 1. The third-order valence-electron chi connectivity index (χ3n) is 7.85. The number of halogens is 3. The first-order valence-electron chi connectivity index (χ1n) is 15.3. The van der Waals surface area contributed by atoms with Gasteiger partial charge in [-0.25, -0.2) is 0 Å². The van der Waals surface area contributed by atoms with Crippen molar-refractivity contribution in [3.05, 3.63) is 59.7 Å². The van der Waals surface area contributed by atoms with E-state index in [1.54, 1.807) is 55.5 Å². The van der Waals surface area contributed by atoms with Crippen LogP contribution in [0.3, 0.4) is 0 Å². The minimum absolute atomic E-state index is 0.0408. The summed E-state index contributed by atoms with van der Waals surface area (Å²) in [5, 5.41) is 12.9. The highest BCUT2D eigenvalue weighted by atomic mass is 19.4. The summed E-state index contributed by atoms with van der Waals surface area (Å²) >= 11 is 0. The zero-order valence-electron chi connectivity index (χ0n) is 26.3. The molecule has 0 unspecified atom stereocenters. The molecule has 9 nitrogen and oxygen atoms in total. The molecular formula is C33H44F3N3O6. The number of nitrogens with zero attached hydrogens (tertiary/aromatic N) is 2. The molecule has 12 heteroatoms. The minimum Gasteiger partial charge on any atom is -0.490 e. The lowest BCUT2D eigenvalue weighted by Gasteiger charge is -2.36. The molecule has 1 aliphatic heterocycles. The van der Waals surface area contributed by atoms with Crippen LogP contribution in [0.2, 0.25) is 0 Å². The second-order valence-electron chi connectivity index (χ2n) is 11.7. The molecule has 0 spiro atoms. The van der Waals surface area contributed by atoms with Crippen LogP contribution in [-0.2, 0) is 9.53 Å². The summed E-state index contributed by atoms with van der Waals surface area (Å²) in [6.07, 6.45) is -5.03. The van der Waals surface area contributed by atoms with Crippen LogP contribution in [0.5, 0.6) is 5.75 Å². The van der Waals surface area contributed by atoms with Crippen molar-refractivity contribution in [2.24, 2.45) is 5.92 Å². The molecule has 0 radical (unpaired) electrons. The van der Waals surface area contributed by atoms with Crippen molar-refractivity contribution in [1.82, 2.24) is 9.80 Å². The van der Waals surface area contributed by atoms with Gasteiger partial charge < -0.3 is 29.7 Å². The Hall–Kier alpha value is -3.64. The summed E-state index contributed by atoms with van der Waals surface area (Å²) in [7, 11) is 1.44. The molecule has 2 N–H and O–H groups in total. The normalized spacial score (nSPS) is 20.8.